The zero-order valence-corrected chi connectivity index (χ0v) is 21.4. The van der Waals surface area contributed by atoms with Crippen molar-refractivity contribution in [3.63, 3.8) is 0 Å². The van der Waals surface area contributed by atoms with Crippen LogP contribution in [0.15, 0.2) is 103 Å². The van der Waals surface area contributed by atoms with Crippen LogP contribution in [0, 0.1) is 0 Å². The molecule has 0 atom stereocenters. The fourth-order valence-electron chi connectivity index (χ4n) is 4.05. The van der Waals surface area contributed by atoms with Crippen LogP contribution in [0.25, 0.3) is 22.0 Å². The third-order valence-electron chi connectivity index (χ3n) is 5.90. The molecule has 2 aromatic heterocycles. The van der Waals surface area contributed by atoms with Crippen LogP contribution >= 0.6 is 0 Å². The Balaban J connectivity index is 1.51. The number of imide groups is 1. The molecule has 0 aliphatic carbocycles. The number of nitrogens with one attached hydrogen (secondary N) is 1. The molecule has 2 N–H and O–H groups in total. The van der Waals surface area contributed by atoms with Crippen molar-refractivity contribution in [2.45, 2.75) is 6.92 Å². The number of hydrogen-bond donors (Lipinski definition) is 2. The van der Waals surface area contributed by atoms with Crippen molar-refractivity contribution >= 4 is 34.9 Å². The van der Waals surface area contributed by atoms with Gasteiger partial charge in [0.05, 0.1) is 11.7 Å². The first-order chi connectivity index (χ1) is 19.4. The number of aromatic nitrogens is 2. The number of aromatic hydroxyl groups is 1. The summed E-state index contributed by atoms with van der Waals surface area (Å²) in [5.74, 6) is 0.359. The van der Waals surface area contributed by atoms with Crippen LogP contribution in [0.1, 0.15) is 6.92 Å². The monoisotopic (exact) mass is 536 g/mol. The molecule has 0 fully saturated rings. The molecular formula is C30H24N4O6. The number of amides is 3. The van der Waals surface area contributed by atoms with Crippen LogP contribution < -0.4 is 19.7 Å². The molecule has 0 bridgehead atoms. The summed E-state index contributed by atoms with van der Waals surface area (Å²) < 4.78 is 12.2. The lowest BCUT2D eigenvalue weighted by Crippen LogP contribution is -2.41. The fraction of sp³-hybridized carbons (Fsp3) is 0.0667. The van der Waals surface area contributed by atoms with Gasteiger partial charge in [-0.1, -0.05) is 42.5 Å². The van der Waals surface area contributed by atoms with Gasteiger partial charge in [0.25, 0.3) is 0 Å². The summed E-state index contributed by atoms with van der Waals surface area (Å²) in [6, 6.07) is 24.6. The number of nitrogens with zero attached hydrogens (tertiary/aromatic N) is 3. The molecular weight excluding hydrogens is 512 g/mol. The summed E-state index contributed by atoms with van der Waals surface area (Å²) in [4.78, 5) is 43.8. The summed E-state index contributed by atoms with van der Waals surface area (Å²) in [6.45, 7) is 2.24. The zero-order valence-electron chi connectivity index (χ0n) is 21.4. The average molecular weight is 537 g/mol. The van der Waals surface area contributed by atoms with E-state index in [0.29, 0.717) is 33.5 Å². The van der Waals surface area contributed by atoms with E-state index in [1.165, 1.54) is 23.0 Å². The van der Waals surface area contributed by atoms with E-state index >= 15 is 0 Å². The summed E-state index contributed by atoms with van der Waals surface area (Å²) in [5.41, 5.74) is 1.75. The Morgan fingerprint density at radius 3 is 2.05 bits per heavy atom. The molecule has 0 aliphatic rings. The lowest BCUT2D eigenvalue weighted by Gasteiger charge is -2.19. The molecule has 40 heavy (non-hydrogen) atoms. The van der Waals surface area contributed by atoms with Crippen LogP contribution in [-0.2, 0) is 0 Å². The first kappa shape index (κ1) is 26.0. The number of carbonyl (C=O) groups excluding carboxylic acids is 3. The standard InChI is InChI=1S/C30H24N4O6/c1-2-31-28(36)33-19-26(35)24-17-20(13-14-25(24)33)21-15-16-32-27(18-21)34(29(37)39-22-9-5-3-6-10-22)30(38)40-23-11-7-4-8-12-23/h3-19,35H,2H2,1H3,(H,31,36). The highest BCUT2D eigenvalue weighted by Gasteiger charge is 2.29. The minimum absolute atomic E-state index is 0.0384. The van der Waals surface area contributed by atoms with Crippen LogP contribution in [-0.4, -0.2) is 39.4 Å². The van der Waals surface area contributed by atoms with Gasteiger partial charge in [-0.2, -0.15) is 4.90 Å². The maximum atomic E-state index is 13.2. The van der Waals surface area contributed by atoms with Gasteiger partial charge in [0.1, 0.15) is 23.1 Å². The highest BCUT2D eigenvalue weighted by Crippen LogP contribution is 2.32. The first-order valence-electron chi connectivity index (χ1n) is 12.4. The molecule has 0 aliphatic heterocycles. The third-order valence-corrected chi connectivity index (χ3v) is 5.90. The quantitative estimate of drug-likeness (QED) is 0.274. The topological polar surface area (TPSA) is 123 Å². The number of ether oxygens (including phenoxy) is 2. The van der Waals surface area contributed by atoms with Crippen LogP contribution in [0.3, 0.4) is 0 Å². The van der Waals surface area contributed by atoms with Crippen LogP contribution in [0.5, 0.6) is 17.2 Å². The Morgan fingerprint density at radius 2 is 1.45 bits per heavy atom. The summed E-state index contributed by atoms with van der Waals surface area (Å²) in [5, 5.41) is 13.7. The Labute approximate surface area is 229 Å². The Kier molecular flexibility index (Phi) is 7.41. The highest BCUT2D eigenvalue weighted by molar-refractivity contribution is 6.10. The number of anilines is 1. The lowest BCUT2D eigenvalue weighted by molar-refractivity contribution is 0.190. The summed E-state index contributed by atoms with van der Waals surface area (Å²) in [7, 11) is 0. The van der Waals surface area contributed by atoms with Gasteiger partial charge in [0, 0.05) is 18.1 Å². The molecule has 0 radical (unpaired) electrons. The van der Waals surface area contributed by atoms with Gasteiger partial charge in [-0.3, -0.25) is 4.57 Å². The first-order valence-corrected chi connectivity index (χ1v) is 12.4. The van der Waals surface area contributed by atoms with Gasteiger partial charge in [-0.05, 0) is 66.6 Å². The normalized spacial score (nSPS) is 10.6. The number of hydrogen-bond acceptors (Lipinski definition) is 7. The second-order valence-electron chi connectivity index (χ2n) is 8.55. The van der Waals surface area contributed by atoms with Gasteiger partial charge in [-0.15, -0.1) is 0 Å². The molecule has 5 aromatic rings. The van der Waals surface area contributed by atoms with E-state index in [0.717, 1.165) is 0 Å². The van der Waals surface area contributed by atoms with Crippen LogP contribution in [0.2, 0.25) is 0 Å². The number of para-hydroxylation sites is 2. The minimum Gasteiger partial charge on any atom is -0.506 e. The maximum Gasteiger partial charge on any atom is 0.430 e. The van der Waals surface area contributed by atoms with E-state index < -0.39 is 12.2 Å². The lowest BCUT2D eigenvalue weighted by atomic mass is 10.0. The molecule has 10 heteroatoms. The summed E-state index contributed by atoms with van der Waals surface area (Å²) in [6.07, 6.45) is 0.763. The number of benzene rings is 3. The molecule has 2 heterocycles. The molecule has 0 saturated heterocycles. The predicted molar refractivity (Wildman–Crippen MR) is 149 cm³/mol. The molecule has 0 saturated carbocycles. The smallest absolute Gasteiger partial charge is 0.430 e. The SMILES string of the molecule is CCNC(=O)n1cc(O)c2cc(-c3ccnc(N(C(=O)Oc4ccccc4)C(=O)Oc4ccccc4)c3)ccc21. The number of pyridine rings is 1. The van der Waals surface area contributed by atoms with Crippen LogP contribution in [0.4, 0.5) is 20.2 Å². The van der Waals surface area contributed by atoms with Crippen molar-refractivity contribution in [3.8, 4) is 28.4 Å². The molecule has 200 valence electrons. The molecule has 0 spiro atoms. The van der Waals surface area contributed by atoms with E-state index in [1.54, 1.807) is 91.9 Å². The van der Waals surface area contributed by atoms with Gasteiger partial charge in [0.2, 0.25) is 0 Å². The highest BCUT2D eigenvalue weighted by atomic mass is 16.6. The van der Waals surface area contributed by atoms with Gasteiger partial charge in [0.15, 0.2) is 0 Å². The minimum atomic E-state index is -1.01. The van der Waals surface area contributed by atoms with Gasteiger partial charge in [-0.25, -0.2) is 19.4 Å². The fourth-order valence-corrected chi connectivity index (χ4v) is 4.05. The number of fused-ring (bicyclic) bond motifs is 1. The second-order valence-corrected chi connectivity index (χ2v) is 8.55. The predicted octanol–water partition coefficient (Wildman–Crippen LogP) is 6.19. The van der Waals surface area contributed by atoms with Crippen molar-refractivity contribution in [2.24, 2.45) is 0 Å². The molecule has 5 rings (SSSR count). The Bertz CT molecular complexity index is 1630. The van der Waals surface area contributed by atoms with Crippen molar-refractivity contribution in [3.05, 3.63) is 103 Å². The molecule has 10 nitrogen and oxygen atoms in total. The Hall–Kier alpha value is -5.64. The molecule has 3 aromatic carbocycles. The van der Waals surface area contributed by atoms with Crippen molar-refractivity contribution in [1.82, 2.24) is 14.9 Å². The number of rotatable bonds is 5. The van der Waals surface area contributed by atoms with Crippen molar-refractivity contribution in [2.75, 3.05) is 11.4 Å². The van der Waals surface area contributed by atoms with E-state index in [-0.39, 0.29) is 29.1 Å². The third kappa shape index (κ3) is 5.46. The van der Waals surface area contributed by atoms with Gasteiger partial charge < -0.3 is 19.9 Å². The van der Waals surface area contributed by atoms with E-state index in [9.17, 15) is 19.5 Å². The van der Waals surface area contributed by atoms with Crippen molar-refractivity contribution in [1.29, 1.82) is 0 Å². The Morgan fingerprint density at radius 1 is 0.850 bits per heavy atom. The largest absolute Gasteiger partial charge is 0.506 e. The van der Waals surface area contributed by atoms with E-state index in [4.69, 9.17) is 9.47 Å². The van der Waals surface area contributed by atoms with Gasteiger partial charge >= 0.3 is 18.2 Å². The molecule has 3 amide bonds. The summed E-state index contributed by atoms with van der Waals surface area (Å²) >= 11 is 0. The van der Waals surface area contributed by atoms with Crippen molar-refractivity contribution < 1.29 is 29.0 Å². The zero-order chi connectivity index (χ0) is 28.1. The van der Waals surface area contributed by atoms with E-state index in [2.05, 4.69) is 10.3 Å². The number of carbonyl (C=O) groups is 3. The second kappa shape index (κ2) is 11.4. The molecule has 0 unspecified atom stereocenters. The van der Waals surface area contributed by atoms with E-state index in [1.807, 2.05) is 0 Å². The average Bonchev–Trinajstić information content (AvgIpc) is 3.30. The maximum absolute atomic E-state index is 13.2.